The fourth-order valence-corrected chi connectivity index (χ4v) is 2.34. The highest BCUT2D eigenvalue weighted by Crippen LogP contribution is 2.18. The van der Waals surface area contributed by atoms with Gasteiger partial charge in [-0.2, -0.15) is 0 Å². The zero-order chi connectivity index (χ0) is 14.5. The number of aromatic nitrogens is 3. The molecule has 0 unspecified atom stereocenters. The number of hydrogen-bond acceptors (Lipinski definition) is 4. The van der Waals surface area contributed by atoms with Crippen molar-refractivity contribution in [2.24, 2.45) is 5.92 Å². The lowest BCUT2D eigenvalue weighted by atomic mass is 9.95. The van der Waals surface area contributed by atoms with E-state index in [1.54, 1.807) is 41.6 Å². The molecule has 2 heterocycles. The lowest BCUT2D eigenvalue weighted by Gasteiger charge is -2.17. The highest BCUT2D eigenvalue weighted by Gasteiger charge is 2.14. The molecule has 108 valence electrons. The zero-order valence-corrected chi connectivity index (χ0v) is 11.7. The van der Waals surface area contributed by atoms with E-state index in [2.05, 4.69) is 22.1 Å². The number of pyridine rings is 1. The Balaban J connectivity index is 1.58. The Kier molecular flexibility index (Phi) is 4.09. The molecule has 1 aliphatic rings. The summed E-state index contributed by atoms with van der Waals surface area (Å²) in [5.74, 6) is 0.854. The molecule has 2 aromatic rings. The first-order valence-corrected chi connectivity index (χ1v) is 7.09. The molecule has 0 amide bonds. The summed E-state index contributed by atoms with van der Waals surface area (Å²) in [6.45, 7) is 0.479. The quantitative estimate of drug-likeness (QED) is 0.639. The summed E-state index contributed by atoms with van der Waals surface area (Å²) in [5, 5.41) is 0. The molecule has 0 aliphatic heterocycles. The Morgan fingerprint density at radius 3 is 3.00 bits per heavy atom. The Bertz CT molecular complexity index is 617. The normalized spacial score (nSPS) is 17.6. The Morgan fingerprint density at radius 2 is 2.33 bits per heavy atom. The van der Waals surface area contributed by atoms with Gasteiger partial charge in [-0.15, -0.1) is 0 Å². The molecule has 0 saturated heterocycles. The lowest BCUT2D eigenvalue weighted by molar-refractivity contribution is 0.0432. The minimum absolute atomic E-state index is 0.311. The number of carbonyl (C=O) groups excluding carboxylic acids is 1. The summed E-state index contributed by atoms with van der Waals surface area (Å²) >= 11 is 0. The fourth-order valence-electron chi connectivity index (χ4n) is 2.34. The summed E-state index contributed by atoms with van der Waals surface area (Å²) < 4.78 is 7.15. The van der Waals surface area contributed by atoms with Crippen LogP contribution in [0, 0.1) is 5.92 Å². The van der Waals surface area contributed by atoms with Gasteiger partial charge in [0.1, 0.15) is 12.1 Å². The summed E-state index contributed by atoms with van der Waals surface area (Å²) in [6, 6.07) is 3.51. The zero-order valence-electron chi connectivity index (χ0n) is 11.7. The molecular weight excluding hydrogens is 266 g/mol. The first-order valence-electron chi connectivity index (χ1n) is 7.09. The van der Waals surface area contributed by atoms with Crippen molar-refractivity contribution in [3.05, 3.63) is 54.8 Å². The number of nitrogens with zero attached hydrogens (tertiary/aromatic N) is 3. The van der Waals surface area contributed by atoms with Crippen molar-refractivity contribution in [2.45, 2.75) is 19.3 Å². The van der Waals surface area contributed by atoms with Crippen LogP contribution >= 0.6 is 0 Å². The Morgan fingerprint density at radius 1 is 1.38 bits per heavy atom. The third kappa shape index (κ3) is 3.37. The van der Waals surface area contributed by atoms with E-state index in [1.165, 1.54) is 0 Å². The molecule has 0 bridgehead atoms. The van der Waals surface area contributed by atoms with Gasteiger partial charge in [-0.05, 0) is 37.3 Å². The van der Waals surface area contributed by atoms with Crippen LogP contribution in [0.1, 0.15) is 29.6 Å². The van der Waals surface area contributed by atoms with Gasteiger partial charge in [0.25, 0.3) is 0 Å². The molecule has 0 aromatic carbocycles. The number of ether oxygens (including phenoxy) is 1. The van der Waals surface area contributed by atoms with Crippen LogP contribution in [0.5, 0.6) is 0 Å². The van der Waals surface area contributed by atoms with Crippen LogP contribution in [0.3, 0.4) is 0 Å². The minimum Gasteiger partial charge on any atom is -0.462 e. The third-order valence-electron chi connectivity index (χ3n) is 3.58. The fraction of sp³-hybridized carbons (Fsp3) is 0.312. The Hall–Kier alpha value is -2.43. The predicted octanol–water partition coefficient (Wildman–Crippen LogP) is 2.78. The van der Waals surface area contributed by atoms with E-state index in [4.69, 9.17) is 4.74 Å². The molecule has 0 N–H and O–H groups in total. The molecule has 5 heteroatoms. The number of carbonyl (C=O) groups is 1. The van der Waals surface area contributed by atoms with Gasteiger partial charge in [0.05, 0.1) is 12.2 Å². The van der Waals surface area contributed by atoms with Crippen LogP contribution in [0.15, 0.2) is 49.2 Å². The number of rotatable bonds is 4. The van der Waals surface area contributed by atoms with Crippen LogP contribution in [0.4, 0.5) is 0 Å². The van der Waals surface area contributed by atoms with Crippen LogP contribution < -0.4 is 0 Å². The summed E-state index contributed by atoms with van der Waals surface area (Å²) in [7, 11) is 0. The molecule has 5 nitrogen and oxygen atoms in total. The molecule has 1 aliphatic carbocycles. The van der Waals surface area contributed by atoms with Gasteiger partial charge in [0, 0.05) is 18.6 Å². The standard InChI is InChI=1S/C16H17N3O2/c20-16(21-11-13-4-2-1-3-5-13)14-6-7-15(18-10-14)19-9-8-17-12-19/h1-2,6-10,12-13H,3-5,11H2/t13-/m1/s1. The molecule has 0 saturated carbocycles. The summed E-state index contributed by atoms with van der Waals surface area (Å²) in [5.41, 5.74) is 0.477. The lowest BCUT2D eigenvalue weighted by Crippen LogP contribution is -2.15. The van der Waals surface area contributed by atoms with Crippen molar-refractivity contribution in [3.8, 4) is 5.82 Å². The average Bonchev–Trinajstić information content (AvgIpc) is 3.08. The van der Waals surface area contributed by atoms with E-state index in [9.17, 15) is 4.79 Å². The maximum Gasteiger partial charge on any atom is 0.339 e. The van der Waals surface area contributed by atoms with Crippen molar-refractivity contribution in [3.63, 3.8) is 0 Å². The first-order chi connectivity index (χ1) is 10.3. The van der Waals surface area contributed by atoms with E-state index < -0.39 is 0 Å². The van der Waals surface area contributed by atoms with Crippen molar-refractivity contribution in [1.82, 2.24) is 14.5 Å². The molecule has 3 rings (SSSR count). The summed E-state index contributed by atoms with van der Waals surface area (Å²) in [6.07, 6.45) is 14.2. The maximum absolute atomic E-state index is 12.0. The molecule has 2 aromatic heterocycles. The Labute approximate surface area is 123 Å². The van der Waals surface area contributed by atoms with Gasteiger partial charge < -0.3 is 4.74 Å². The van der Waals surface area contributed by atoms with E-state index in [-0.39, 0.29) is 5.97 Å². The van der Waals surface area contributed by atoms with Crippen LogP contribution in [0.2, 0.25) is 0 Å². The van der Waals surface area contributed by atoms with Gasteiger partial charge in [-0.25, -0.2) is 14.8 Å². The van der Waals surface area contributed by atoms with E-state index >= 15 is 0 Å². The number of hydrogen-bond donors (Lipinski definition) is 0. The topological polar surface area (TPSA) is 57.0 Å². The number of allylic oxidation sites excluding steroid dienone is 2. The second-order valence-electron chi connectivity index (χ2n) is 5.12. The van der Waals surface area contributed by atoms with Gasteiger partial charge in [0.2, 0.25) is 0 Å². The number of imidazole rings is 1. The van der Waals surface area contributed by atoms with Crippen molar-refractivity contribution >= 4 is 5.97 Å². The van der Waals surface area contributed by atoms with Gasteiger partial charge in [-0.1, -0.05) is 12.2 Å². The molecule has 21 heavy (non-hydrogen) atoms. The largest absolute Gasteiger partial charge is 0.462 e. The van der Waals surface area contributed by atoms with Crippen molar-refractivity contribution < 1.29 is 9.53 Å². The molecule has 0 radical (unpaired) electrons. The second-order valence-corrected chi connectivity index (χ2v) is 5.12. The van der Waals surface area contributed by atoms with Gasteiger partial charge >= 0.3 is 5.97 Å². The van der Waals surface area contributed by atoms with Gasteiger partial charge in [0.15, 0.2) is 0 Å². The van der Waals surface area contributed by atoms with Crippen molar-refractivity contribution in [2.75, 3.05) is 6.61 Å². The highest BCUT2D eigenvalue weighted by atomic mass is 16.5. The van der Waals surface area contributed by atoms with Crippen LogP contribution in [0.25, 0.3) is 5.82 Å². The van der Waals surface area contributed by atoms with E-state index in [0.29, 0.717) is 18.1 Å². The molecule has 1 atom stereocenters. The molecular formula is C16H17N3O2. The highest BCUT2D eigenvalue weighted by molar-refractivity contribution is 5.89. The number of esters is 1. The van der Waals surface area contributed by atoms with Crippen LogP contribution in [-0.2, 0) is 4.74 Å². The van der Waals surface area contributed by atoms with E-state index in [0.717, 1.165) is 25.1 Å². The first kappa shape index (κ1) is 13.5. The SMILES string of the molecule is O=C(OC[C@@H]1CC=CCC1)c1ccc(-n2ccnc2)nc1. The smallest absolute Gasteiger partial charge is 0.339 e. The monoisotopic (exact) mass is 283 g/mol. The maximum atomic E-state index is 12.0. The summed E-state index contributed by atoms with van der Waals surface area (Å²) in [4.78, 5) is 20.2. The molecule has 0 spiro atoms. The van der Waals surface area contributed by atoms with Gasteiger partial charge in [-0.3, -0.25) is 4.57 Å². The third-order valence-corrected chi connectivity index (χ3v) is 3.58. The van der Waals surface area contributed by atoms with E-state index in [1.807, 2.05) is 0 Å². The van der Waals surface area contributed by atoms with Crippen LogP contribution in [-0.4, -0.2) is 27.1 Å². The second kappa shape index (κ2) is 6.35. The predicted molar refractivity (Wildman–Crippen MR) is 78.1 cm³/mol. The minimum atomic E-state index is -0.311. The average molecular weight is 283 g/mol. The molecule has 0 fully saturated rings. The van der Waals surface area contributed by atoms with Crippen molar-refractivity contribution in [1.29, 1.82) is 0 Å².